The van der Waals surface area contributed by atoms with Crippen LogP contribution in [0.15, 0.2) is 53.7 Å². The second kappa shape index (κ2) is 11.9. The number of allylic oxidation sites excluding steroid dienone is 1. The Labute approximate surface area is 215 Å². The summed E-state index contributed by atoms with van der Waals surface area (Å²) < 4.78 is 37.7. The molecule has 2 aromatic heterocycles. The lowest BCUT2D eigenvalue weighted by Gasteiger charge is -2.32. The Hall–Kier alpha value is -3.90. The van der Waals surface area contributed by atoms with Gasteiger partial charge in [0.1, 0.15) is 5.69 Å². The van der Waals surface area contributed by atoms with Gasteiger partial charge in [0.2, 0.25) is 11.8 Å². The van der Waals surface area contributed by atoms with Crippen molar-refractivity contribution in [3.63, 3.8) is 0 Å². The number of aliphatic imine (C=N–C) groups is 1. The van der Waals surface area contributed by atoms with Crippen LogP contribution in [0.25, 0.3) is 11.6 Å². The summed E-state index contributed by atoms with van der Waals surface area (Å²) in [6.07, 6.45) is 1.17. The highest BCUT2D eigenvalue weighted by atomic mass is 35.5. The van der Waals surface area contributed by atoms with Crippen molar-refractivity contribution in [3.8, 4) is 5.88 Å². The quantitative estimate of drug-likeness (QED) is 0.454. The Morgan fingerprint density at radius 1 is 1.22 bits per heavy atom. The average molecular weight is 538 g/mol. The summed E-state index contributed by atoms with van der Waals surface area (Å²) in [7, 11) is 0. The van der Waals surface area contributed by atoms with Crippen LogP contribution in [0.2, 0.25) is 0 Å². The number of carboxylic acids is 1. The summed E-state index contributed by atoms with van der Waals surface area (Å²) in [4.78, 5) is 27.2. The van der Waals surface area contributed by atoms with Gasteiger partial charge in [0, 0.05) is 43.1 Å². The standard InChI is InChI=1S/C22H21N5O2.C2HF3O2.ClH/c28-21-19(12-16-13-24-20-18(16)7-4-8-23-20)25-22(26-21)27-9-10-29-17(14-27)11-15-5-2-1-3-6-15;3-2(4,5)1(6)7;/h1-8,12-13,17,28H,9-11,14H2,(H,25,26);(H,6,7);1H/t17-;;/m1../s1. The summed E-state index contributed by atoms with van der Waals surface area (Å²) in [5, 5.41) is 17.5. The number of hydrogen-bond donors (Lipinski definition) is 3. The lowest BCUT2D eigenvalue weighted by molar-refractivity contribution is -0.192. The fourth-order valence-electron chi connectivity index (χ4n) is 3.72. The average Bonchev–Trinajstić information content (AvgIpc) is 3.43. The Kier molecular flexibility index (Phi) is 8.90. The molecule has 1 fully saturated rings. The summed E-state index contributed by atoms with van der Waals surface area (Å²) in [6, 6.07) is 14.2. The summed E-state index contributed by atoms with van der Waals surface area (Å²) >= 11 is 0. The molecule has 0 unspecified atom stereocenters. The van der Waals surface area contributed by atoms with Crippen molar-refractivity contribution in [2.45, 2.75) is 18.7 Å². The lowest BCUT2D eigenvalue weighted by atomic mass is 10.1. The predicted octanol–water partition coefficient (Wildman–Crippen LogP) is 4.27. The monoisotopic (exact) mass is 537 g/mol. The predicted molar refractivity (Wildman–Crippen MR) is 134 cm³/mol. The molecule has 0 aliphatic carbocycles. The number of ether oxygens (including phenoxy) is 1. The zero-order valence-corrected chi connectivity index (χ0v) is 20.0. The van der Waals surface area contributed by atoms with Gasteiger partial charge in [-0.3, -0.25) is 0 Å². The molecule has 0 bridgehead atoms. The first-order valence-electron chi connectivity index (χ1n) is 10.9. The van der Waals surface area contributed by atoms with Crippen molar-refractivity contribution in [2.24, 2.45) is 4.99 Å². The second-order valence-electron chi connectivity index (χ2n) is 7.96. The van der Waals surface area contributed by atoms with Crippen LogP contribution in [0.4, 0.5) is 24.9 Å². The molecule has 5 rings (SSSR count). The van der Waals surface area contributed by atoms with Gasteiger partial charge in [-0.25, -0.2) is 14.8 Å². The molecule has 3 aromatic rings. The van der Waals surface area contributed by atoms with Crippen molar-refractivity contribution in [3.05, 3.63) is 65.5 Å². The van der Waals surface area contributed by atoms with Crippen LogP contribution in [0.5, 0.6) is 5.88 Å². The van der Waals surface area contributed by atoms with E-state index < -0.39 is 12.1 Å². The molecule has 0 spiro atoms. The van der Waals surface area contributed by atoms with Crippen molar-refractivity contribution < 1.29 is 32.9 Å². The van der Waals surface area contributed by atoms with E-state index in [2.05, 4.69) is 37.0 Å². The highest BCUT2D eigenvalue weighted by Gasteiger charge is 2.38. The molecule has 196 valence electrons. The van der Waals surface area contributed by atoms with Crippen LogP contribution in [-0.2, 0) is 16.0 Å². The third kappa shape index (κ3) is 7.08. The van der Waals surface area contributed by atoms with E-state index in [1.807, 2.05) is 36.4 Å². The molecule has 37 heavy (non-hydrogen) atoms. The van der Waals surface area contributed by atoms with Gasteiger partial charge in [-0.2, -0.15) is 18.2 Å². The summed E-state index contributed by atoms with van der Waals surface area (Å²) in [5.41, 5.74) is 3.64. The number of pyridine rings is 1. The maximum absolute atomic E-state index is 10.6. The Morgan fingerprint density at radius 2 is 1.95 bits per heavy atom. The number of benzene rings is 1. The normalized spacial score (nSPS) is 17.5. The third-order valence-corrected chi connectivity index (χ3v) is 5.41. The van der Waals surface area contributed by atoms with E-state index in [1.54, 1.807) is 12.4 Å². The van der Waals surface area contributed by atoms with Crippen LogP contribution in [0.3, 0.4) is 0 Å². The molecular formula is C24H23ClF3N5O4. The molecule has 4 heterocycles. The molecule has 1 saturated heterocycles. The number of H-pyrrole nitrogens is 1. The number of imidazole rings is 1. The molecule has 9 nitrogen and oxygen atoms in total. The molecule has 0 amide bonds. The minimum atomic E-state index is -5.08. The second-order valence-corrected chi connectivity index (χ2v) is 7.96. The topological polar surface area (TPSA) is 124 Å². The first-order chi connectivity index (χ1) is 17.2. The van der Waals surface area contributed by atoms with Gasteiger partial charge in [0.15, 0.2) is 5.82 Å². The number of halogens is 4. The number of alkyl halides is 3. The van der Waals surface area contributed by atoms with Gasteiger partial charge in [0.05, 0.1) is 12.7 Å². The van der Waals surface area contributed by atoms with Crippen molar-refractivity contribution in [1.82, 2.24) is 15.0 Å². The van der Waals surface area contributed by atoms with Crippen LogP contribution in [0.1, 0.15) is 16.8 Å². The molecule has 0 saturated carbocycles. The fourth-order valence-corrected chi connectivity index (χ4v) is 3.72. The number of carbonyl (C=O) groups is 1. The SMILES string of the molecule is Cl.O=C(O)C(F)(F)F.Oc1nc(N2CCO[C@H](Cc3ccccc3)C2)[nH]c1C=C1C=Nc2ncccc21. The number of rotatable bonds is 4. The molecular weight excluding hydrogens is 515 g/mol. The number of aromatic hydroxyl groups is 1. The molecule has 3 N–H and O–H groups in total. The molecule has 1 aromatic carbocycles. The van der Waals surface area contributed by atoms with Gasteiger partial charge in [-0.05, 0) is 23.8 Å². The molecule has 1 atom stereocenters. The number of morpholine rings is 1. The van der Waals surface area contributed by atoms with E-state index >= 15 is 0 Å². The van der Waals surface area contributed by atoms with E-state index in [4.69, 9.17) is 14.6 Å². The number of hydrogen-bond acceptors (Lipinski definition) is 7. The van der Waals surface area contributed by atoms with E-state index in [0.717, 1.165) is 24.1 Å². The number of fused-ring (bicyclic) bond motifs is 1. The van der Waals surface area contributed by atoms with E-state index in [0.29, 0.717) is 30.6 Å². The van der Waals surface area contributed by atoms with E-state index in [9.17, 15) is 18.3 Å². The van der Waals surface area contributed by atoms with E-state index in [-0.39, 0.29) is 24.4 Å². The maximum Gasteiger partial charge on any atom is 0.490 e. The number of nitrogens with one attached hydrogen (secondary N) is 1. The zero-order chi connectivity index (χ0) is 25.7. The highest BCUT2D eigenvalue weighted by molar-refractivity contribution is 6.20. The van der Waals surface area contributed by atoms with Crippen LogP contribution in [-0.4, -0.2) is 69.3 Å². The molecule has 13 heteroatoms. The van der Waals surface area contributed by atoms with Gasteiger partial charge in [-0.15, -0.1) is 12.4 Å². The molecule has 2 aliphatic heterocycles. The number of anilines is 1. The maximum atomic E-state index is 10.6. The number of carboxylic acid groups (broad SMARTS) is 1. The minimum Gasteiger partial charge on any atom is -0.492 e. The van der Waals surface area contributed by atoms with Crippen LogP contribution in [0, 0.1) is 0 Å². The van der Waals surface area contributed by atoms with Crippen molar-refractivity contribution in [2.75, 3.05) is 24.6 Å². The first kappa shape index (κ1) is 27.7. The Balaban J connectivity index is 0.000000422. The molecule has 2 aliphatic rings. The third-order valence-electron chi connectivity index (χ3n) is 5.41. The van der Waals surface area contributed by atoms with Crippen molar-refractivity contribution in [1.29, 1.82) is 0 Å². The lowest BCUT2D eigenvalue weighted by Crippen LogP contribution is -2.44. The van der Waals surface area contributed by atoms with Crippen LogP contribution < -0.4 is 4.90 Å². The number of nitrogens with zero attached hydrogens (tertiary/aromatic N) is 4. The highest BCUT2D eigenvalue weighted by Crippen LogP contribution is 2.32. The minimum absolute atomic E-state index is 0. The van der Waals surface area contributed by atoms with Crippen molar-refractivity contribution >= 4 is 48.0 Å². The van der Waals surface area contributed by atoms with Crippen LogP contribution >= 0.6 is 12.4 Å². The van der Waals surface area contributed by atoms with Gasteiger partial charge in [-0.1, -0.05) is 30.3 Å². The first-order valence-corrected chi connectivity index (χ1v) is 10.9. The van der Waals surface area contributed by atoms with Gasteiger partial charge in [0.25, 0.3) is 0 Å². The van der Waals surface area contributed by atoms with Gasteiger partial charge < -0.3 is 24.8 Å². The fraction of sp³-hybridized carbons (Fsp3) is 0.250. The smallest absolute Gasteiger partial charge is 0.490 e. The number of aromatic nitrogens is 3. The largest absolute Gasteiger partial charge is 0.492 e. The number of aliphatic carboxylic acids is 1. The van der Waals surface area contributed by atoms with E-state index in [1.165, 1.54) is 5.56 Å². The van der Waals surface area contributed by atoms with Gasteiger partial charge >= 0.3 is 12.1 Å². The summed E-state index contributed by atoms with van der Waals surface area (Å²) in [5.74, 6) is -1.44. The Bertz CT molecular complexity index is 1280. The zero-order valence-electron chi connectivity index (χ0n) is 19.2. The summed E-state index contributed by atoms with van der Waals surface area (Å²) in [6.45, 7) is 2.07. The molecule has 0 radical (unpaired) electrons. The number of aromatic amines is 1. The Morgan fingerprint density at radius 3 is 2.65 bits per heavy atom.